The quantitative estimate of drug-likeness (QED) is 0.663. The fourth-order valence-corrected chi connectivity index (χ4v) is 3.24. The van der Waals surface area contributed by atoms with Crippen molar-refractivity contribution in [2.75, 3.05) is 0 Å². The topological polar surface area (TPSA) is 38.0 Å². The number of nitrogens with one attached hydrogen (secondary N) is 1. The van der Waals surface area contributed by atoms with Crippen LogP contribution in [-0.4, -0.2) is 0 Å². The molecule has 1 atom stereocenters. The largest absolute Gasteiger partial charge is 0.271 e. The van der Waals surface area contributed by atoms with Crippen LogP contribution in [0.2, 0.25) is 5.02 Å². The second-order valence-electron chi connectivity index (χ2n) is 4.52. The molecule has 5 heteroatoms. The Labute approximate surface area is 121 Å². The molecular weight excluding hydrogens is 283 g/mol. The summed E-state index contributed by atoms with van der Waals surface area (Å²) in [5.74, 6) is 5.24. The van der Waals surface area contributed by atoms with Gasteiger partial charge in [-0.2, -0.15) is 0 Å². The smallest absolute Gasteiger partial charge is 0.145 e. The van der Waals surface area contributed by atoms with Gasteiger partial charge in [-0.25, -0.2) is 4.39 Å². The van der Waals surface area contributed by atoms with Crippen molar-refractivity contribution in [2.24, 2.45) is 5.84 Å². The van der Waals surface area contributed by atoms with Crippen LogP contribution in [0, 0.1) is 19.7 Å². The monoisotopic (exact) mass is 298 g/mol. The van der Waals surface area contributed by atoms with Crippen LogP contribution in [0.1, 0.15) is 26.9 Å². The van der Waals surface area contributed by atoms with Crippen molar-refractivity contribution in [1.82, 2.24) is 5.43 Å². The number of hydrogen-bond donors (Lipinski definition) is 2. The molecule has 0 amide bonds. The van der Waals surface area contributed by atoms with Crippen molar-refractivity contribution in [3.63, 3.8) is 0 Å². The highest BCUT2D eigenvalue weighted by atomic mass is 35.5. The maximum atomic E-state index is 13.9. The van der Waals surface area contributed by atoms with E-state index in [1.165, 1.54) is 10.4 Å². The lowest BCUT2D eigenvalue weighted by Gasteiger charge is -2.15. The van der Waals surface area contributed by atoms with Crippen LogP contribution in [0.4, 0.5) is 4.39 Å². The minimum Gasteiger partial charge on any atom is -0.271 e. The zero-order valence-corrected chi connectivity index (χ0v) is 12.4. The summed E-state index contributed by atoms with van der Waals surface area (Å²) in [7, 11) is 0. The van der Waals surface area contributed by atoms with E-state index in [2.05, 4.69) is 25.3 Å². The summed E-state index contributed by atoms with van der Waals surface area (Å²) in [6.07, 6.45) is 0.474. The van der Waals surface area contributed by atoms with Crippen LogP contribution in [0.25, 0.3) is 0 Å². The Morgan fingerprint density at radius 3 is 2.74 bits per heavy atom. The SMILES string of the molecule is Cc1cc(C(Cc2cccc(Cl)c2F)NN)sc1C. The first-order valence-corrected chi connectivity index (χ1v) is 7.18. The highest BCUT2D eigenvalue weighted by Gasteiger charge is 2.17. The number of hydrogen-bond acceptors (Lipinski definition) is 3. The molecule has 2 nitrogen and oxygen atoms in total. The third-order valence-electron chi connectivity index (χ3n) is 3.19. The lowest BCUT2D eigenvalue weighted by molar-refractivity contribution is 0.535. The number of halogens is 2. The van der Waals surface area contributed by atoms with Gasteiger partial charge in [0.15, 0.2) is 0 Å². The molecule has 0 fully saturated rings. The van der Waals surface area contributed by atoms with Gasteiger partial charge in [0.2, 0.25) is 0 Å². The van der Waals surface area contributed by atoms with E-state index in [1.54, 1.807) is 29.5 Å². The van der Waals surface area contributed by atoms with Crippen LogP contribution < -0.4 is 11.3 Å². The van der Waals surface area contributed by atoms with Gasteiger partial charge < -0.3 is 0 Å². The summed E-state index contributed by atoms with van der Waals surface area (Å²) in [6.45, 7) is 4.12. The molecule has 1 unspecified atom stereocenters. The number of rotatable bonds is 4. The Balaban J connectivity index is 2.26. The Hall–Kier alpha value is -0.940. The van der Waals surface area contributed by atoms with E-state index in [1.807, 2.05) is 0 Å². The van der Waals surface area contributed by atoms with Crippen molar-refractivity contribution >= 4 is 22.9 Å². The summed E-state index contributed by atoms with van der Waals surface area (Å²) in [5, 5.41) is 0.145. The van der Waals surface area contributed by atoms with E-state index in [-0.39, 0.29) is 16.9 Å². The third-order valence-corrected chi connectivity index (χ3v) is 4.74. The van der Waals surface area contributed by atoms with Crippen molar-refractivity contribution in [3.8, 4) is 0 Å². The zero-order valence-electron chi connectivity index (χ0n) is 10.8. The average molecular weight is 299 g/mol. The number of aryl methyl sites for hydroxylation is 2. The molecule has 0 bridgehead atoms. The first-order valence-electron chi connectivity index (χ1n) is 5.99. The standard InChI is InChI=1S/C14H16ClFN2S/c1-8-6-13(19-9(8)2)12(18-17)7-10-4-3-5-11(15)14(10)16/h3-6,12,18H,7,17H2,1-2H3. The first kappa shape index (κ1) is 14.5. The van der Waals surface area contributed by atoms with Gasteiger partial charge in [0, 0.05) is 9.75 Å². The van der Waals surface area contributed by atoms with E-state index in [9.17, 15) is 4.39 Å². The van der Waals surface area contributed by atoms with Gasteiger partial charge in [-0.05, 0) is 43.5 Å². The average Bonchev–Trinajstić information content (AvgIpc) is 2.71. The second-order valence-corrected chi connectivity index (χ2v) is 6.22. The van der Waals surface area contributed by atoms with E-state index in [0.29, 0.717) is 12.0 Å². The highest BCUT2D eigenvalue weighted by Crippen LogP contribution is 2.29. The van der Waals surface area contributed by atoms with Gasteiger partial charge >= 0.3 is 0 Å². The summed E-state index contributed by atoms with van der Waals surface area (Å²) in [4.78, 5) is 2.36. The summed E-state index contributed by atoms with van der Waals surface area (Å²) >= 11 is 7.47. The molecule has 0 aliphatic rings. The molecule has 102 valence electrons. The molecule has 0 saturated heterocycles. The Bertz CT molecular complexity index is 563. The Kier molecular flexibility index (Phi) is 4.58. The van der Waals surface area contributed by atoms with Gasteiger partial charge in [-0.3, -0.25) is 11.3 Å². The minimum absolute atomic E-state index is 0.106. The maximum absolute atomic E-state index is 13.9. The zero-order chi connectivity index (χ0) is 14.0. The van der Waals surface area contributed by atoms with Crippen molar-refractivity contribution in [3.05, 3.63) is 56.0 Å². The summed E-state index contributed by atoms with van der Waals surface area (Å²) < 4.78 is 13.9. The van der Waals surface area contributed by atoms with Crippen LogP contribution in [-0.2, 0) is 6.42 Å². The van der Waals surface area contributed by atoms with Gasteiger partial charge in [0.25, 0.3) is 0 Å². The Morgan fingerprint density at radius 2 is 2.16 bits per heavy atom. The summed E-state index contributed by atoms with van der Waals surface area (Å²) in [5.41, 5.74) is 4.55. The van der Waals surface area contributed by atoms with E-state index >= 15 is 0 Å². The molecule has 0 aliphatic carbocycles. The molecule has 1 aromatic carbocycles. The van der Waals surface area contributed by atoms with Gasteiger partial charge in [0.05, 0.1) is 11.1 Å². The molecule has 0 saturated carbocycles. The molecular formula is C14H16ClFN2S. The van der Waals surface area contributed by atoms with Crippen molar-refractivity contribution in [1.29, 1.82) is 0 Å². The van der Waals surface area contributed by atoms with Gasteiger partial charge in [-0.15, -0.1) is 11.3 Å². The number of thiophene rings is 1. The van der Waals surface area contributed by atoms with Crippen LogP contribution in [0.5, 0.6) is 0 Å². The fourth-order valence-electron chi connectivity index (χ4n) is 1.94. The van der Waals surface area contributed by atoms with E-state index in [0.717, 1.165) is 4.88 Å². The number of nitrogens with two attached hydrogens (primary N) is 1. The molecule has 0 radical (unpaired) electrons. The molecule has 19 heavy (non-hydrogen) atoms. The molecule has 1 aromatic heterocycles. The van der Waals surface area contributed by atoms with E-state index in [4.69, 9.17) is 17.4 Å². The van der Waals surface area contributed by atoms with Crippen LogP contribution in [0.3, 0.4) is 0 Å². The minimum atomic E-state index is -0.366. The van der Waals surface area contributed by atoms with Crippen molar-refractivity contribution < 1.29 is 4.39 Å². The lowest BCUT2D eigenvalue weighted by atomic mass is 10.0. The third kappa shape index (κ3) is 3.15. The molecule has 3 N–H and O–H groups in total. The Morgan fingerprint density at radius 1 is 1.42 bits per heavy atom. The van der Waals surface area contributed by atoms with Crippen LogP contribution in [0.15, 0.2) is 24.3 Å². The fraction of sp³-hybridized carbons (Fsp3) is 0.286. The summed E-state index contributed by atoms with van der Waals surface area (Å²) in [6, 6.07) is 7.01. The second kappa shape index (κ2) is 6.01. The lowest BCUT2D eigenvalue weighted by Crippen LogP contribution is -2.29. The predicted molar refractivity (Wildman–Crippen MR) is 79.0 cm³/mol. The van der Waals surface area contributed by atoms with Gasteiger partial charge in [-0.1, -0.05) is 23.7 Å². The highest BCUT2D eigenvalue weighted by molar-refractivity contribution is 7.12. The van der Waals surface area contributed by atoms with Gasteiger partial charge in [0.1, 0.15) is 5.82 Å². The predicted octanol–water partition coefficient (Wildman–Crippen LogP) is 3.90. The molecule has 2 rings (SSSR count). The normalized spacial score (nSPS) is 12.7. The molecule has 0 aliphatic heterocycles. The molecule has 0 spiro atoms. The number of hydrazine groups is 1. The maximum Gasteiger partial charge on any atom is 0.145 e. The molecule has 2 aromatic rings. The molecule has 1 heterocycles. The first-order chi connectivity index (χ1) is 9.02. The van der Waals surface area contributed by atoms with Crippen LogP contribution >= 0.6 is 22.9 Å². The van der Waals surface area contributed by atoms with E-state index < -0.39 is 0 Å². The number of benzene rings is 1. The van der Waals surface area contributed by atoms with Crippen molar-refractivity contribution in [2.45, 2.75) is 26.3 Å².